The smallest absolute Gasteiger partial charge is 0.417 e. The van der Waals surface area contributed by atoms with Crippen molar-refractivity contribution >= 4 is 23.7 Å². The van der Waals surface area contributed by atoms with Crippen molar-refractivity contribution in [2.75, 3.05) is 6.61 Å². The molecule has 12 heteroatoms. The number of benzene rings is 1. The zero-order chi connectivity index (χ0) is 26.7. The van der Waals surface area contributed by atoms with E-state index in [0.29, 0.717) is 25.7 Å². The molecule has 1 aromatic carbocycles. The van der Waals surface area contributed by atoms with Crippen LogP contribution in [-0.4, -0.2) is 65.7 Å². The van der Waals surface area contributed by atoms with Gasteiger partial charge in [-0.1, -0.05) is 25.0 Å². The first-order valence-corrected chi connectivity index (χ1v) is 12.5. The maximum Gasteiger partial charge on any atom is 0.417 e. The molecule has 4 rings (SSSR count). The molecule has 2 unspecified atom stereocenters. The number of carbonyl (C=O) groups excluding carboxylic acids is 4. The Bertz CT molecular complexity index is 1050. The van der Waals surface area contributed by atoms with E-state index in [0.717, 1.165) is 18.6 Å². The summed E-state index contributed by atoms with van der Waals surface area (Å²) in [5.74, 6) is -2.46. The average Bonchev–Trinajstić information content (AvgIpc) is 3.41. The van der Waals surface area contributed by atoms with Crippen molar-refractivity contribution in [1.29, 1.82) is 0 Å². The molecule has 0 aliphatic carbocycles. The molecule has 0 saturated carbocycles. The van der Waals surface area contributed by atoms with E-state index in [4.69, 9.17) is 9.47 Å². The summed E-state index contributed by atoms with van der Waals surface area (Å²) in [5.41, 5.74) is -1.65. The van der Waals surface area contributed by atoms with E-state index >= 15 is 0 Å². The molecule has 3 saturated heterocycles. The zero-order valence-corrected chi connectivity index (χ0v) is 20.4. The van der Waals surface area contributed by atoms with E-state index in [2.05, 4.69) is 10.6 Å². The molecule has 0 spiro atoms. The van der Waals surface area contributed by atoms with Crippen LogP contribution in [0, 0.1) is 0 Å². The van der Waals surface area contributed by atoms with Gasteiger partial charge in [0.2, 0.25) is 18.1 Å². The summed E-state index contributed by atoms with van der Waals surface area (Å²) >= 11 is 0. The molecule has 0 radical (unpaired) electrons. The number of alkyl halides is 3. The first kappa shape index (κ1) is 26.9. The van der Waals surface area contributed by atoms with Gasteiger partial charge in [-0.25, -0.2) is 0 Å². The van der Waals surface area contributed by atoms with Gasteiger partial charge in [0, 0.05) is 12.6 Å². The number of cyclic esters (lactones) is 1. The fourth-order valence-electron chi connectivity index (χ4n) is 5.34. The minimum absolute atomic E-state index is 0.0577. The van der Waals surface area contributed by atoms with Gasteiger partial charge in [-0.3, -0.25) is 19.2 Å². The van der Waals surface area contributed by atoms with E-state index in [9.17, 15) is 32.3 Å². The first-order chi connectivity index (χ1) is 17.6. The third kappa shape index (κ3) is 5.89. The SMILES string of the molecule is CCOC1OC(=O)CC1NC(=O)[C@@H]1CC[C@@H]2CCCC[C@H](NC(=O)c3ccccc3C(F)(F)F)C(=O)N21. The van der Waals surface area contributed by atoms with E-state index < -0.39 is 65.4 Å². The maximum atomic E-state index is 13.6. The van der Waals surface area contributed by atoms with E-state index in [-0.39, 0.29) is 25.5 Å². The number of hydrogen-bond donors (Lipinski definition) is 2. The largest absolute Gasteiger partial charge is 0.433 e. The molecule has 3 fully saturated rings. The van der Waals surface area contributed by atoms with E-state index in [1.807, 2.05) is 0 Å². The lowest BCUT2D eigenvalue weighted by atomic mass is 9.98. The lowest BCUT2D eigenvalue weighted by molar-refractivity contribution is -0.164. The highest BCUT2D eigenvalue weighted by Crippen LogP contribution is 2.34. The number of nitrogens with zero attached hydrogens (tertiary/aromatic N) is 1. The summed E-state index contributed by atoms with van der Waals surface area (Å²) in [5, 5.41) is 5.26. The van der Waals surface area contributed by atoms with Crippen molar-refractivity contribution in [3.05, 3.63) is 35.4 Å². The van der Waals surface area contributed by atoms with Crippen LogP contribution >= 0.6 is 0 Å². The summed E-state index contributed by atoms with van der Waals surface area (Å²) < 4.78 is 50.8. The van der Waals surface area contributed by atoms with E-state index in [1.54, 1.807) is 6.92 Å². The quantitative estimate of drug-likeness (QED) is 0.552. The van der Waals surface area contributed by atoms with Crippen LogP contribution in [-0.2, 0) is 30.0 Å². The van der Waals surface area contributed by atoms with Gasteiger partial charge in [0.1, 0.15) is 18.1 Å². The number of fused-ring (bicyclic) bond motifs is 1. The van der Waals surface area contributed by atoms with Crippen molar-refractivity contribution in [3.63, 3.8) is 0 Å². The Labute approximate surface area is 212 Å². The normalized spacial score (nSPS) is 28.2. The second kappa shape index (κ2) is 11.1. The number of carbonyl (C=O) groups is 4. The zero-order valence-electron chi connectivity index (χ0n) is 20.4. The molecule has 0 bridgehead atoms. The van der Waals surface area contributed by atoms with Crippen LogP contribution in [0.3, 0.4) is 0 Å². The predicted molar refractivity (Wildman–Crippen MR) is 123 cm³/mol. The van der Waals surface area contributed by atoms with Crippen molar-refractivity contribution in [2.24, 2.45) is 0 Å². The van der Waals surface area contributed by atoms with Crippen LogP contribution in [0.4, 0.5) is 13.2 Å². The Balaban J connectivity index is 1.50. The molecule has 3 amide bonds. The first-order valence-electron chi connectivity index (χ1n) is 12.5. The molecule has 2 N–H and O–H groups in total. The lowest BCUT2D eigenvalue weighted by Gasteiger charge is -2.35. The predicted octanol–water partition coefficient (Wildman–Crippen LogP) is 2.53. The minimum Gasteiger partial charge on any atom is -0.433 e. The van der Waals surface area contributed by atoms with Gasteiger partial charge in [-0.2, -0.15) is 13.2 Å². The summed E-state index contributed by atoms with van der Waals surface area (Å²) in [6.07, 6.45) is -2.46. The maximum absolute atomic E-state index is 13.6. The van der Waals surface area contributed by atoms with Crippen molar-refractivity contribution < 1.29 is 41.8 Å². The Hall–Kier alpha value is -3.15. The topological polar surface area (TPSA) is 114 Å². The number of halogens is 3. The molecular formula is C25H30F3N3O6. The second-order valence-corrected chi connectivity index (χ2v) is 9.48. The standard InChI is InChI=1S/C25H30F3N3O6/c1-2-36-24-18(13-20(32)37-24)30-22(34)19-12-11-14-7-3-6-10-17(23(35)31(14)19)29-21(33)15-8-4-5-9-16(15)25(26,27)28/h4-5,8-9,14,17-19,24H,2-3,6-7,10-13H2,1H3,(H,29,33)(H,30,34)/t14-,17-,18?,19-,24?/m0/s1. The fraction of sp³-hybridized carbons (Fsp3) is 0.600. The summed E-state index contributed by atoms with van der Waals surface area (Å²) in [4.78, 5) is 52.9. The van der Waals surface area contributed by atoms with Gasteiger partial charge in [-0.05, 0) is 44.7 Å². The Kier molecular flexibility index (Phi) is 8.05. The van der Waals surface area contributed by atoms with Crippen LogP contribution in [0.2, 0.25) is 0 Å². The van der Waals surface area contributed by atoms with Crippen LogP contribution in [0.1, 0.15) is 67.8 Å². The van der Waals surface area contributed by atoms with Crippen molar-refractivity contribution in [2.45, 2.75) is 88.5 Å². The van der Waals surface area contributed by atoms with Gasteiger partial charge in [-0.15, -0.1) is 0 Å². The molecule has 3 heterocycles. The summed E-state index contributed by atoms with van der Waals surface area (Å²) in [7, 11) is 0. The molecule has 3 aliphatic rings. The molecule has 37 heavy (non-hydrogen) atoms. The van der Waals surface area contributed by atoms with Crippen LogP contribution in [0.15, 0.2) is 24.3 Å². The Morgan fingerprint density at radius 3 is 2.54 bits per heavy atom. The second-order valence-electron chi connectivity index (χ2n) is 9.48. The van der Waals surface area contributed by atoms with Crippen LogP contribution in [0.25, 0.3) is 0 Å². The van der Waals surface area contributed by atoms with Crippen molar-refractivity contribution in [1.82, 2.24) is 15.5 Å². The summed E-state index contributed by atoms with van der Waals surface area (Å²) in [6.45, 7) is 2.01. The summed E-state index contributed by atoms with van der Waals surface area (Å²) in [6, 6.07) is 1.57. The van der Waals surface area contributed by atoms with Gasteiger partial charge < -0.3 is 25.0 Å². The highest BCUT2D eigenvalue weighted by atomic mass is 19.4. The molecule has 3 aliphatic heterocycles. The number of nitrogens with one attached hydrogen (secondary N) is 2. The monoisotopic (exact) mass is 525 g/mol. The number of esters is 1. The van der Waals surface area contributed by atoms with Crippen LogP contribution < -0.4 is 10.6 Å². The molecule has 202 valence electrons. The average molecular weight is 526 g/mol. The Morgan fingerprint density at radius 2 is 1.81 bits per heavy atom. The number of rotatable bonds is 6. The number of hydrogen-bond acceptors (Lipinski definition) is 6. The highest BCUT2D eigenvalue weighted by molar-refractivity contribution is 5.99. The third-order valence-electron chi connectivity index (χ3n) is 7.04. The van der Waals surface area contributed by atoms with Gasteiger partial charge in [0.25, 0.3) is 5.91 Å². The van der Waals surface area contributed by atoms with Gasteiger partial charge >= 0.3 is 12.1 Å². The van der Waals surface area contributed by atoms with Crippen LogP contribution in [0.5, 0.6) is 0 Å². The lowest BCUT2D eigenvalue weighted by Crippen LogP contribution is -2.57. The minimum atomic E-state index is -4.73. The third-order valence-corrected chi connectivity index (χ3v) is 7.04. The number of amides is 3. The molecule has 0 aromatic heterocycles. The van der Waals surface area contributed by atoms with Gasteiger partial charge in [0.05, 0.1) is 17.5 Å². The molecule has 5 atom stereocenters. The van der Waals surface area contributed by atoms with Gasteiger partial charge in [0.15, 0.2) is 0 Å². The number of ether oxygens (including phenoxy) is 2. The molecular weight excluding hydrogens is 495 g/mol. The van der Waals surface area contributed by atoms with E-state index in [1.165, 1.54) is 17.0 Å². The molecule has 1 aromatic rings. The van der Waals surface area contributed by atoms with Crippen molar-refractivity contribution in [3.8, 4) is 0 Å². The molecule has 9 nitrogen and oxygen atoms in total. The highest BCUT2D eigenvalue weighted by Gasteiger charge is 2.46. The fourth-order valence-corrected chi connectivity index (χ4v) is 5.34. The Morgan fingerprint density at radius 1 is 1.08 bits per heavy atom.